The van der Waals surface area contributed by atoms with E-state index in [0.29, 0.717) is 23.7 Å². The van der Waals surface area contributed by atoms with Crippen LogP contribution in [0, 0.1) is 0 Å². The number of hydrogen-bond acceptors (Lipinski definition) is 6. The molecule has 1 heterocycles. The van der Waals surface area contributed by atoms with Crippen LogP contribution in [0.25, 0.3) is 17.2 Å². The standard InChI is InChI=1S/C28H34N2O5/c1-17-22(11-18-12-25(33-4)28(35-6)26(13-18)34-5)21-8-7-20(32-3)14-24(21)23(17)15-27(31)29-19-9-10-30(2)16-19/h7-8,11-14,19H,9-10,15-16H2,1-6H3,(H,29,31)/b22-11-/t19-/m1/s1. The van der Waals surface area contributed by atoms with Gasteiger partial charge >= 0.3 is 0 Å². The van der Waals surface area contributed by atoms with Gasteiger partial charge in [-0.25, -0.2) is 0 Å². The molecule has 2 aromatic rings. The molecule has 1 atom stereocenters. The monoisotopic (exact) mass is 478 g/mol. The number of hydrogen-bond donors (Lipinski definition) is 1. The lowest BCUT2D eigenvalue weighted by Crippen LogP contribution is -2.36. The summed E-state index contributed by atoms with van der Waals surface area (Å²) in [7, 11) is 8.54. The first-order valence-corrected chi connectivity index (χ1v) is 11.8. The molecule has 0 bridgehead atoms. The summed E-state index contributed by atoms with van der Waals surface area (Å²) < 4.78 is 22.0. The molecule has 1 saturated heterocycles. The Morgan fingerprint density at radius 3 is 2.31 bits per heavy atom. The highest BCUT2D eigenvalue weighted by molar-refractivity contribution is 6.08. The van der Waals surface area contributed by atoms with Gasteiger partial charge in [-0.15, -0.1) is 0 Å². The van der Waals surface area contributed by atoms with E-state index in [4.69, 9.17) is 18.9 Å². The van der Waals surface area contributed by atoms with Crippen LogP contribution in [-0.2, 0) is 4.79 Å². The van der Waals surface area contributed by atoms with Crippen molar-refractivity contribution in [2.24, 2.45) is 0 Å². The Labute approximate surface area is 207 Å². The number of carbonyl (C=O) groups excluding carboxylic acids is 1. The van der Waals surface area contributed by atoms with Gasteiger partial charge in [0.1, 0.15) is 5.75 Å². The van der Waals surface area contributed by atoms with E-state index < -0.39 is 0 Å². The summed E-state index contributed by atoms with van der Waals surface area (Å²) in [6, 6.07) is 10.1. The number of likely N-dealkylation sites (tertiary alicyclic amines) is 1. The van der Waals surface area contributed by atoms with Crippen LogP contribution in [0.4, 0.5) is 0 Å². The number of fused-ring (bicyclic) bond motifs is 1. The van der Waals surface area contributed by atoms with Gasteiger partial charge in [0.25, 0.3) is 0 Å². The van der Waals surface area contributed by atoms with Crippen LogP contribution in [-0.4, -0.2) is 65.4 Å². The second-order valence-electron chi connectivity index (χ2n) is 9.02. The Bertz CT molecular complexity index is 1160. The molecule has 1 aliphatic carbocycles. The zero-order chi connectivity index (χ0) is 25.1. The van der Waals surface area contributed by atoms with E-state index in [1.54, 1.807) is 28.4 Å². The molecule has 0 spiro atoms. The van der Waals surface area contributed by atoms with E-state index in [1.165, 1.54) is 0 Å². The molecule has 0 unspecified atom stereocenters. The number of allylic oxidation sites excluding steroid dienone is 2. The molecule has 0 aromatic heterocycles. The lowest BCUT2D eigenvalue weighted by atomic mass is 10.00. The minimum atomic E-state index is 0.0439. The first-order valence-electron chi connectivity index (χ1n) is 11.8. The highest BCUT2D eigenvalue weighted by atomic mass is 16.5. The van der Waals surface area contributed by atoms with Gasteiger partial charge in [-0.1, -0.05) is 6.07 Å². The molecular weight excluding hydrogens is 444 g/mol. The van der Waals surface area contributed by atoms with Gasteiger partial charge in [0.2, 0.25) is 11.7 Å². The van der Waals surface area contributed by atoms with Gasteiger partial charge in [-0.3, -0.25) is 4.79 Å². The van der Waals surface area contributed by atoms with Crippen molar-refractivity contribution in [2.75, 3.05) is 48.6 Å². The predicted octanol–water partition coefficient (Wildman–Crippen LogP) is 4.26. The van der Waals surface area contributed by atoms with Crippen molar-refractivity contribution in [2.45, 2.75) is 25.8 Å². The number of nitrogens with one attached hydrogen (secondary N) is 1. The van der Waals surface area contributed by atoms with Crippen molar-refractivity contribution in [3.05, 3.63) is 52.6 Å². The van der Waals surface area contributed by atoms with Gasteiger partial charge in [0.05, 0.1) is 34.9 Å². The quantitative estimate of drug-likeness (QED) is 0.612. The van der Waals surface area contributed by atoms with Crippen LogP contribution < -0.4 is 24.3 Å². The van der Waals surface area contributed by atoms with Crippen molar-refractivity contribution in [1.82, 2.24) is 10.2 Å². The third kappa shape index (κ3) is 5.00. The fraction of sp³-hybridized carbons (Fsp3) is 0.393. The molecule has 2 aromatic carbocycles. The number of likely N-dealkylation sites (N-methyl/N-ethyl adjacent to an activating group) is 1. The summed E-state index contributed by atoms with van der Waals surface area (Å²) in [5, 5.41) is 3.21. The molecule has 4 rings (SSSR count). The van der Waals surface area contributed by atoms with E-state index in [0.717, 1.165) is 58.7 Å². The van der Waals surface area contributed by atoms with E-state index >= 15 is 0 Å². The molecule has 7 nitrogen and oxygen atoms in total. The number of benzene rings is 2. The summed E-state index contributed by atoms with van der Waals surface area (Å²) in [6.07, 6.45) is 3.40. The zero-order valence-electron chi connectivity index (χ0n) is 21.4. The molecule has 2 aliphatic rings. The highest BCUT2D eigenvalue weighted by Crippen LogP contribution is 2.46. The number of rotatable bonds is 8. The van der Waals surface area contributed by atoms with Gasteiger partial charge in [-0.05, 0) is 90.7 Å². The van der Waals surface area contributed by atoms with E-state index in [1.807, 2.05) is 24.3 Å². The smallest absolute Gasteiger partial charge is 0.224 e. The number of nitrogens with zero attached hydrogens (tertiary/aromatic N) is 1. The molecule has 0 radical (unpaired) electrons. The Balaban J connectivity index is 1.73. The molecule has 35 heavy (non-hydrogen) atoms. The fourth-order valence-corrected chi connectivity index (χ4v) is 4.96. The van der Waals surface area contributed by atoms with Crippen molar-refractivity contribution in [3.63, 3.8) is 0 Å². The molecule has 0 saturated carbocycles. The Morgan fingerprint density at radius 2 is 1.74 bits per heavy atom. The summed E-state index contributed by atoms with van der Waals surface area (Å²) in [5.74, 6) is 2.54. The fourth-order valence-electron chi connectivity index (χ4n) is 4.96. The topological polar surface area (TPSA) is 69.3 Å². The number of carbonyl (C=O) groups is 1. The van der Waals surface area contributed by atoms with Crippen LogP contribution in [0.3, 0.4) is 0 Å². The van der Waals surface area contributed by atoms with Gasteiger partial charge in [-0.2, -0.15) is 0 Å². The number of amides is 1. The van der Waals surface area contributed by atoms with E-state index in [9.17, 15) is 4.79 Å². The van der Waals surface area contributed by atoms with Crippen LogP contribution in [0.5, 0.6) is 23.0 Å². The molecule has 1 fully saturated rings. The predicted molar refractivity (Wildman–Crippen MR) is 138 cm³/mol. The first kappa shape index (κ1) is 24.7. The maximum Gasteiger partial charge on any atom is 0.224 e. The zero-order valence-corrected chi connectivity index (χ0v) is 21.4. The van der Waals surface area contributed by atoms with Gasteiger partial charge < -0.3 is 29.2 Å². The number of ether oxygens (including phenoxy) is 4. The van der Waals surface area contributed by atoms with Crippen LogP contribution in [0.1, 0.15) is 36.5 Å². The SMILES string of the molecule is COc1ccc2c(c1)C(CC(=O)N[C@@H]1CCN(C)C1)=C(C)/C2=C/c1cc(OC)c(OC)c(OC)c1. The highest BCUT2D eigenvalue weighted by Gasteiger charge is 2.28. The average molecular weight is 479 g/mol. The lowest BCUT2D eigenvalue weighted by Gasteiger charge is -2.14. The Hall–Kier alpha value is -3.45. The Kier molecular flexibility index (Phi) is 7.36. The average Bonchev–Trinajstić information content (AvgIpc) is 3.38. The van der Waals surface area contributed by atoms with Crippen molar-refractivity contribution in [1.29, 1.82) is 0 Å². The second kappa shape index (κ2) is 10.4. The maximum atomic E-state index is 13.0. The third-order valence-electron chi connectivity index (χ3n) is 6.79. The van der Waals surface area contributed by atoms with E-state index in [2.05, 4.69) is 36.3 Å². The summed E-state index contributed by atoms with van der Waals surface area (Å²) in [6.45, 7) is 3.97. The van der Waals surface area contributed by atoms with Crippen LogP contribution in [0.15, 0.2) is 35.9 Å². The summed E-state index contributed by atoms with van der Waals surface area (Å²) >= 11 is 0. The minimum Gasteiger partial charge on any atom is -0.497 e. The molecule has 1 amide bonds. The van der Waals surface area contributed by atoms with Crippen LogP contribution >= 0.6 is 0 Å². The molecule has 1 N–H and O–H groups in total. The number of methoxy groups -OCH3 is 4. The van der Waals surface area contributed by atoms with Gasteiger partial charge in [0, 0.05) is 12.6 Å². The minimum absolute atomic E-state index is 0.0439. The first-order chi connectivity index (χ1) is 16.9. The van der Waals surface area contributed by atoms with Crippen molar-refractivity contribution < 1.29 is 23.7 Å². The normalized spacial score (nSPS) is 18.6. The summed E-state index contributed by atoms with van der Waals surface area (Å²) in [5.41, 5.74) is 6.15. The summed E-state index contributed by atoms with van der Waals surface area (Å²) in [4.78, 5) is 15.3. The van der Waals surface area contributed by atoms with Crippen molar-refractivity contribution >= 4 is 23.1 Å². The third-order valence-corrected chi connectivity index (χ3v) is 6.79. The van der Waals surface area contributed by atoms with E-state index in [-0.39, 0.29) is 11.9 Å². The molecule has 1 aliphatic heterocycles. The molecule has 7 heteroatoms. The van der Waals surface area contributed by atoms with Gasteiger partial charge in [0.15, 0.2) is 11.5 Å². The largest absolute Gasteiger partial charge is 0.497 e. The second-order valence-corrected chi connectivity index (χ2v) is 9.02. The van der Waals surface area contributed by atoms with Crippen LogP contribution in [0.2, 0.25) is 0 Å². The Morgan fingerprint density at radius 1 is 1.03 bits per heavy atom. The maximum absolute atomic E-state index is 13.0. The molecular formula is C28H34N2O5. The van der Waals surface area contributed by atoms with Crippen molar-refractivity contribution in [3.8, 4) is 23.0 Å². The lowest BCUT2D eigenvalue weighted by molar-refractivity contribution is -0.120. The molecule has 186 valence electrons.